The molecule has 22 heavy (non-hydrogen) atoms. The first-order valence-corrected chi connectivity index (χ1v) is 6.62. The number of carbonyl (C=O) groups is 1. The lowest BCUT2D eigenvalue weighted by atomic mass is 10.1. The fraction of sp³-hybridized carbons (Fsp3) is 0.286. The molecule has 1 aromatic carbocycles. The van der Waals surface area contributed by atoms with Gasteiger partial charge < -0.3 is 9.22 Å². The molecule has 0 aliphatic heterocycles. The highest BCUT2D eigenvalue weighted by Gasteiger charge is 2.40. The molecule has 3 rings (SSSR count). The minimum atomic E-state index is -1.19. The highest BCUT2D eigenvalue weighted by molar-refractivity contribution is 6.10. The first kappa shape index (κ1) is 14.7. The molecular weight excluding hydrogens is 298 g/mol. The van der Waals surface area contributed by atoms with Gasteiger partial charge in [-0.3, -0.25) is 4.79 Å². The van der Waals surface area contributed by atoms with Crippen molar-refractivity contribution in [3.05, 3.63) is 45.2 Å². The summed E-state index contributed by atoms with van der Waals surface area (Å²) in [4.78, 5) is 24.0. The molecular formula is C14H11BF3NO3. The number of rotatable bonds is 2. The van der Waals surface area contributed by atoms with Crippen LogP contribution < -0.4 is 5.43 Å². The van der Waals surface area contributed by atoms with E-state index in [-0.39, 0.29) is 28.5 Å². The number of benzene rings is 1. The van der Waals surface area contributed by atoms with Crippen molar-refractivity contribution in [3.63, 3.8) is 0 Å². The molecule has 1 fully saturated rings. The van der Waals surface area contributed by atoms with Crippen LogP contribution in [0.25, 0.3) is 10.9 Å². The van der Waals surface area contributed by atoms with E-state index in [4.69, 9.17) is 0 Å². The molecule has 0 unspecified atom stereocenters. The van der Waals surface area contributed by atoms with Crippen LogP contribution in [0.2, 0.25) is 0 Å². The third-order valence-corrected chi connectivity index (χ3v) is 3.88. The Morgan fingerprint density at radius 1 is 1.45 bits per heavy atom. The van der Waals surface area contributed by atoms with Crippen LogP contribution in [-0.2, 0) is 4.65 Å². The molecule has 1 saturated carbocycles. The van der Waals surface area contributed by atoms with E-state index in [0.29, 0.717) is 0 Å². The van der Waals surface area contributed by atoms with Crippen molar-refractivity contribution in [1.82, 2.24) is 4.57 Å². The normalized spacial score (nSPS) is 20.2. The number of halogens is 3. The van der Waals surface area contributed by atoms with Gasteiger partial charge in [-0.2, -0.15) is 0 Å². The Balaban J connectivity index is 2.45. The van der Waals surface area contributed by atoms with Crippen LogP contribution in [0.15, 0.2) is 17.1 Å². The Hall–Kier alpha value is -2.25. The van der Waals surface area contributed by atoms with Gasteiger partial charge in [-0.05, 0) is 13.0 Å². The maximum Gasteiger partial charge on any atom is 0.326 e. The van der Waals surface area contributed by atoms with E-state index in [1.54, 1.807) is 0 Å². The zero-order chi connectivity index (χ0) is 16.2. The monoisotopic (exact) mass is 309 g/mol. The molecule has 114 valence electrons. The lowest BCUT2D eigenvalue weighted by molar-refractivity contribution is 0.0747. The standard InChI is InChI=1S/C14H11BF3NO3/c1-5-11(18)9(17)2-6-12(5)19(10-3-8(10)16)4-7(13(6)20)14(21)22-15/h2,4,8,10H,3,15H2,1H3/t8-,10+/m0/s1. The number of hydrogen-bond acceptors (Lipinski definition) is 3. The second-order valence-corrected chi connectivity index (χ2v) is 5.28. The molecule has 1 aliphatic rings. The van der Waals surface area contributed by atoms with Gasteiger partial charge in [-0.1, -0.05) is 0 Å². The van der Waals surface area contributed by atoms with Crippen LogP contribution in [-0.4, -0.2) is 24.8 Å². The van der Waals surface area contributed by atoms with E-state index in [2.05, 4.69) is 4.65 Å². The van der Waals surface area contributed by atoms with Gasteiger partial charge in [0.25, 0.3) is 0 Å². The van der Waals surface area contributed by atoms with Gasteiger partial charge in [0.1, 0.15) is 11.7 Å². The number of hydrogen-bond donors (Lipinski definition) is 0. The van der Waals surface area contributed by atoms with E-state index in [1.807, 2.05) is 0 Å². The number of pyridine rings is 1. The smallest absolute Gasteiger partial charge is 0.326 e. The molecule has 2 atom stereocenters. The van der Waals surface area contributed by atoms with Gasteiger partial charge >= 0.3 is 14.0 Å². The highest BCUT2D eigenvalue weighted by atomic mass is 19.2. The second-order valence-electron chi connectivity index (χ2n) is 5.28. The number of fused-ring (bicyclic) bond motifs is 1. The van der Waals surface area contributed by atoms with Gasteiger partial charge in [0, 0.05) is 23.6 Å². The van der Waals surface area contributed by atoms with Gasteiger partial charge in [-0.15, -0.1) is 0 Å². The molecule has 1 aliphatic carbocycles. The van der Waals surface area contributed by atoms with Crippen molar-refractivity contribution in [1.29, 1.82) is 0 Å². The van der Waals surface area contributed by atoms with E-state index in [0.717, 1.165) is 20.3 Å². The van der Waals surface area contributed by atoms with Gasteiger partial charge in [-0.25, -0.2) is 18.0 Å². The summed E-state index contributed by atoms with van der Waals surface area (Å²) in [5.74, 6) is -3.19. The molecule has 0 amide bonds. The largest absolute Gasteiger partial charge is 0.540 e. The van der Waals surface area contributed by atoms with Crippen LogP contribution in [0.1, 0.15) is 28.4 Å². The number of alkyl halides is 1. The predicted molar refractivity (Wildman–Crippen MR) is 75.4 cm³/mol. The molecule has 0 bridgehead atoms. The number of aryl methyl sites for hydroxylation is 1. The predicted octanol–water partition coefficient (Wildman–Crippen LogP) is 1.58. The van der Waals surface area contributed by atoms with E-state index < -0.39 is 35.2 Å². The molecule has 8 heteroatoms. The van der Waals surface area contributed by atoms with Gasteiger partial charge in [0.15, 0.2) is 11.6 Å². The first-order chi connectivity index (χ1) is 10.4. The van der Waals surface area contributed by atoms with Gasteiger partial charge in [0.2, 0.25) is 5.43 Å². The molecule has 0 spiro atoms. The summed E-state index contributed by atoms with van der Waals surface area (Å²) in [6.45, 7) is 1.31. The lowest BCUT2D eigenvalue weighted by Crippen LogP contribution is -2.21. The van der Waals surface area contributed by atoms with E-state index in [1.165, 1.54) is 11.5 Å². The Morgan fingerprint density at radius 3 is 2.64 bits per heavy atom. The Labute approximate surface area is 123 Å². The molecule has 1 heterocycles. The zero-order valence-electron chi connectivity index (χ0n) is 11.8. The molecule has 2 aromatic rings. The third kappa shape index (κ3) is 2.01. The summed E-state index contributed by atoms with van der Waals surface area (Å²) in [6, 6.07) is 0.133. The third-order valence-electron chi connectivity index (χ3n) is 3.88. The number of aromatic nitrogens is 1. The Kier molecular flexibility index (Phi) is 3.27. The van der Waals surface area contributed by atoms with Crippen LogP contribution in [0.4, 0.5) is 13.2 Å². The van der Waals surface area contributed by atoms with Crippen molar-refractivity contribution < 1.29 is 22.6 Å². The quantitative estimate of drug-likeness (QED) is 0.791. The highest BCUT2D eigenvalue weighted by Crippen LogP contribution is 2.41. The summed E-state index contributed by atoms with van der Waals surface area (Å²) in [6.07, 6.45) is 0.200. The second kappa shape index (κ2) is 4.89. The minimum Gasteiger partial charge on any atom is -0.540 e. The molecule has 4 nitrogen and oxygen atoms in total. The SMILES string of the molecule is BOC(=O)c1cn([C@@H]2C[C@@H]2F)c2c(C)c(F)c(F)cc2c1=O. The van der Waals surface area contributed by atoms with Crippen LogP contribution in [0.3, 0.4) is 0 Å². The van der Waals surface area contributed by atoms with E-state index in [9.17, 15) is 22.8 Å². The van der Waals surface area contributed by atoms with Gasteiger partial charge in [0.05, 0.1) is 11.6 Å². The summed E-state index contributed by atoms with van der Waals surface area (Å²) in [5, 5.41) is -0.168. The summed E-state index contributed by atoms with van der Waals surface area (Å²) >= 11 is 0. The maximum absolute atomic E-state index is 13.8. The Bertz CT molecular complexity index is 865. The maximum atomic E-state index is 13.8. The van der Waals surface area contributed by atoms with Crippen molar-refractivity contribution in [3.8, 4) is 0 Å². The fourth-order valence-electron chi connectivity index (χ4n) is 2.61. The van der Waals surface area contributed by atoms with E-state index >= 15 is 0 Å². The summed E-state index contributed by atoms with van der Waals surface area (Å²) < 4.78 is 46.7. The minimum absolute atomic E-state index is 0.0948. The van der Waals surface area contributed by atoms with Crippen LogP contribution in [0, 0.1) is 18.6 Å². The van der Waals surface area contributed by atoms with Crippen LogP contribution >= 0.6 is 0 Å². The zero-order valence-corrected chi connectivity index (χ0v) is 11.8. The van der Waals surface area contributed by atoms with Crippen molar-refractivity contribution >= 4 is 24.9 Å². The first-order valence-electron chi connectivity index (χ1n) is 6.62. The van der Waals surface area contributed by atoms with Crippen molar-refractivity contribution in [2.45, 2.75) is 25.6 Å². The Morgan fingerprint density at radius 2 is 2.09 bits per heavy atom. The van der Waals surface area contributed by atoms with Crippen molar-refractivity contribution in [2.75, 3.05) is 0 Å². The lowest BCUT2D eigenvalue weighted by Gasteiger charge is -2.15. The summed E-state index contributed by atoms with van der Waals surface area (Å²) in [5.41, 5.74) is -1.10. The molecule has 0 radical (unpaired) electrons. The molecule has 0 saturated heterocycles. The molecule has 0 N–H and O–H groups in total. The van der Waals surface area contributed by atoms with Crippen molar-refractivity contribution in [2.24, 2.45) is 0 Å². The number of nitrogens with zero attached hydrogens (tertiary/aromatic N) is 1. The average Bonchev–Trinajstić information content (AvgIpc) is 3.22. The summed E-state index contributed by atoms with van der Waals surface area (Å²) in [7, 11) is 1.10. The average molecular weight is 309 g/mol. The van der Waals surface area contributed by atoms with Crippen LogP contribution in [0.5, 0.6) is 0 Å². The fourth-order valence-corrected chi connectivity index (χ4v) is 2.61. The topological polar surface area (TPSA) is 48.3 Å². The molecule has 1 aromatic heterocycles. The number of carbonyl (C=O) groups excluding carboxylic acids is 1.